The molecular formula is C15H20N4O2. The average molecular weight is 288 g/mol. The number of H-pyrrole nitrogens is 1. The van der Waals surface area contributed by atoms with Gasteiger partial charge in [0.05, 0.1) is 6.54 Å². The maximum atomic E-state index is 11.7. The minimum Gasteiger partial charge on any atom is -0.444 e. The van der Waals surface area contributed by atoms with Crippen LogP contribution in [-0.2, 0) is 11.3 Å². The van der Waals surface area contributed by atoms with E-state index in [-0.39, 0.29) is 0 Å². The Bertz CT molecular complexity index is 588. The van der Waals surface area contributed by atoms with Gasteiger partial charge in [0.1, 0.15) is 11.4 Å². The van der Waals surface area contributed by atoms with Gasteiger partial charge in [-0.3, -0.25) is 5.32 Å². The zero-order valence-electron chi connectivity index (χ0n) is 12.4. The lowest BCUT2D eigenvalue weighted by atomic mass is 10.2. The topological polar surface area (TPSA) is 79.0 Å². The molecule has 0 aliphatic heterocycles. The fourth-order valence-corrected chi connectivity index (χ4v) is 1.71. The van der Waals surface area contributed by atoms with Crippen LogP contribution in [0.3, 0.4) is 0 Å². The Morgan fingerprint density at radius 1 is 1.33 bits per heavy atom. The van der Waals surface area contributed by atoms with Crippen LogP contribution >= 0.6 is 0 Å². The summed E-state index contributed by atoms with van der Waals surface area (Å²) in [5.74, 6) is 0.848. The number of amides is 1. The number of nitrogens with zero attached hydrogens (tertiary/aromatic N) is 1. The summed E-state index contributed by atoms with van der Waals surface area (Å²) < 4.78 is 5.21. The Hall–Kier alpha value is -2.50. The molecule has 0 atom stereocenters. The monoisotopic (exact) mass is 288 g/mol. The Labute approximate surface area is 123 Å². The van der Waals surface area contributed by atoms with Crippen LogP contribution in [0.5, 0.6) is 0 Å². The second kappa shape index (κ2) is 6.30. The maximum absolute atomic E-state index is 11.7. The van der Waals surface area contributed by atoms with Crippen molar-refractivity contribution in [2.24, 2.45) is 0 Å². The summed E-state index contributed by atoms with van der Waals surface area (Å²) in [6, 6.07) is 7.43. The number of rotatable bonds is 4. The van der Waals surface area contributed by atoms with Crippen molar-refractivity contribution < 1.29 is 9.53 Å². The molecule has 0 bridgehead atoms. The highest BCUT2D eigenvalue weighted by Gasteiger charge is 2.16. The quantitative estimate of drug-likeness (QED) is 0.806. The Morgan fingerprint density at radius 2 is 2.10 bits per heavy atom. The predicted molar refractivity (Wildman–Crippen MR) is 82.2 cm³/mol. The van der Waals surface area contributed by atoms with Crippen LogP contribution in [0.25, 0.3) is 0 Å². The molecule has 21 heavy (non-hydrogen) atoms. The number of aromatic amines is 1. The second-order valence-corrected chi connectivity index (χ2v) is 5.60. The molecule has 1 amide bonds. The summed E-state index contributed by atoms with van der Waals surface area (Å²) in [7, 11) is 0. The number of carbonyl (C=O) groups excluding carboxylic acids is 1. The second-order valence-electron chi connectivity index (χ2n) is 5.60. The van der Waals surface area contributed by atoms with Gasteiger partial charge in [-0.15, -0.1) is 0 Å². The third-order valence-corrected chi connectivity index (χ3v) is 2.52. The Morgan fingerprint density at radius 3 is 2.76 bits per heavy atom. The first-order valence-electron chi connectivity index (χ1n) is 6.74. The van der Waals surface area contributed by atoms with E-state index in [4.69, 9.17) is 4.74 Å². The van der Waals surface area contributed by atoms with Gasteiger partial charge in [0.25, 0.3) is 0 Å². The SMILES string of the molecule is CC(C)(C)OC(=O)Nc1cccc(NCc2ncc[nH]2)c1. The summed E-state index contributed by atoms with van der Waals surface area (Å²) in [6.07, 6.45) is 3.01. The highest BCUT2D eigenvalue weighted by Crippen LogP contribution is 2.17. The van der Waals surface area contributed by atoms with Gasteiger partial charge in [0, 0.05) is 23.8 Å². The molecular weight excluding hydrogens is 268 g/mol. The fourth-order valence-electron chi connectivity index (χ4n) is 1.71. The van der Waals surface area contributed by atoms with Crippen molar-refractivity contribution >= 4 is 17.5 Å². The first kappa shape index (κ1) is 14.9. The molecule has 112 valence electrons. The van der Waals surface area contributed by atoms with Crippen molar-refractivity contribution in [3.05, 3.63) is 42.5 Å². The zero-order valence-corrected chi connectivity index (χ0v) is 12.4. The largest absolute Gasteiger partial charge is 0.444 e. The lowest BCUT2D eigenvalue weighted by molar-refractivity contribution is 0.0636. The molecule has 0 fully saturated rings. The lowest BCUT2D eigenvalue weighted by Crippen LogP contribution is -2.27. The first-order valence-corrected chi connectivity index (χ1v) is 6.74. The lowest BCUT2D eigenvalue weighted by Gasteiger charge is -2.19. The minimum atomic E-state index is -0.515. The predicted octanol–water partition coefficient (Wildman–Crippen LogP) is 3.37. The third-order valence-electron chi connectivity index (χ3n) is 2.52. The van der Waals surface area contributed by atoms with Gasteiger partial charge in [-0.1, -0.05) is 6.07 Å². The van der Waals surface area contributed by atoms with E-state index in [1.165, 1.54) is 0 Å². The molecule has 0 spiro atoms. The summed E-state index contributed by atoms with van der Waals surface area (Å²) in [6.45, 7) is 6.07. The van der Waals surface area contributed by atoms with Gasteiger partial charge < -0.3 is 15.0 Å². The van der Waals surface area contributed by atoms with E-state index in [1.807, 2.05) is 45.0 Å². The molecule has 0 aliphatic rings. The number of hydrogen-bond acceptors (Lipinski definition) is 4. The van der Waals surface area contributed by atoms with E-state index in [1.54, 1.807) is 12.4 Å². The normalized spacial score (nSPS) is 11.0. The molecule has 0 saturated heterocycles. The van der Waals surface area contributed by atoms with E-state index in [0.717, 1.165) is 11.5 Å². The number of hydrogen-bond donors (Lipinski definition) is 3. The van der Waals surface area contributed by atoms with Crippen LogP contribution in [0.2, 0.25) is 0 Å². The number of anilines is 2. The molecule has 0 radical (unpaired) electrons. The minimum absolute atomic E-state index is 0.467. The molecule has 6 nitrogen and oxygen atoms in total. The van der Waals surface area contributed by atoms with E-state index < -0.39 is 11.7 Å². The van der Waals surface area contributed by atoms with Crippen LogP contribution in [0.1, 0.15) is 26.6 Å². The number of carbonyl (C=O) groups is 1. The van der Waals surface area contributed by atoms with E-state index in [2.05, 4.69) is 20.6 Å². The number of ether oxygens (including phenoxy) is 1. The number of imidazole rings is 1. The van der Waals surface area contributed by atoms with E-state index >= 15 is 0 Å². The van der Waals surface area contributed by atoms with E-state index in [9.17, 15) is 4.79 Å². The van der Waals surface area contributed by atoms with Gasteiger partial charge in [-0.2, -0.15) is 0 Å². The van der Waals surface area contributed by atoms with Crippen molar-refractivity contribution in [3.8, 4) is 0 Å². The average Bonchev–Trinajstić information content (AvgIpc) is 2.87. The molecule has 6 heteroatoms. The maximum Gasteiger partial charge on any atom is 0.412 e. The Kier molecular flexibility index (Phi) is 4.47. The third kappa shape index (κ3) is 5.18. The van der Waals surface area contributed by atoms with Gasteiger partial charge in [0.2, 0.25) is 0 Å². The molecule has 1 heterocycles. The highest BCUT2D eigenvalue weighted by molar-refractivity contribution is 5.85. The number of nitrogens with one attached hydrogen (secondary N) is 3. The van der Waals surface area contributed by atoms with Gasteiger partial charge in [-0.05, 0) is 39.0 Å². The summed E-state index contributed by atoms with van der Waals surface area (Å²) in [5, 5.41) is 5.93. The van der Waals surface area contributed by atoms with Crippen LogP contribution in [0.15, 0.2) is 36.7 Å². The highest BCUT2D eigenvalue weighted by atomic mass is 16.6. The van der Waals surface area contributed by atoms with Gasteiger partial charge >= 0.3 is 6.09 Å². The smallest absolute Gasteiger partial charge is 0.412 e. The van der Waals surface area contributed by atoms with Crippen molar-refractivity contribution in [1.82, 2.24) is 9.97 Å². The molecule has 2 aromatic rings. The van der Waals surface area contributed by atoms with E-state index in [0.29, 0.717) is 12.2 Å². The van der Waals surface area contributed by atoms with Crippen molar-refractivity contribution in [3.63, 3.8) is 0 Å². The molecule has 2 rings (SSSR count). The van der Waals surface area contributed by atoms with Gasteiger partial charge in [-0.25, -0.2) is 9.78 Å². The molecule has 3 N–H and O–H groups in total. The zero-order chi connectivity index (χ0) is 15.3. The van der Waals surface area contributed by atoms with Crippen molar-refractivity contribution in [1.29, 1.82) is 0 Å². The van der Waals surface area contributed by atoms with Gasteiger partial charge in [0.15, 0.2) is 0 Å². The molecule has 1 aromatic heterocycles. The number of aromatic nitrogens is 2. The first-order chi connectivity index (χ1) is 9.92. The van der Waals surface area contributed by atoms with Crippen LogP contribution in [-0.4, -0.2) is 21.7 Å². The van der Waals surface area contributed by atoms with Crippen LogP contribution in [0, 0.1) is 0 Å². The molecule has 0 saturated carbocycles. The standard InChI is InChI=1S/C15H20N4O2/c1-15(2,3)21-14(20)19-12-6-4-5-11(9-12)18-10-13-16-7-8-17-13/h4-9,18H,10H2,1-3H3,(H,16,17)(H,19,20). The van der Waals surface area contributed by atoms with Crippen LogP contribution < -0.4 is 10.6 Å². The van der Waals surface area contributed by atoms with Crippen molar-refractivity contribution in [2.45, 2.75) is 32.9 Å². The number of benzene rings is 1. The molecule has 1 aromatic carbocycles. The summed E-state index contributed by atoms with van der Waals surface area (Å²) in [4.78, 5) is 18.9. The fraction of sp³-hybridized carbons (Fsp3) is 0.333. The van der Waals surface area contributed by atoms with Crippen LogP contribution in [0.4, 0.5) is 16.2 Å². The Balaban J connectivity index is 1.92. The summed E-state index contributed by atoms with van der Waals surface area (Å²) >= 11 is 0. The molecule has 0 unspecified atom stereocenters. The van der Waals surface area contributed by atoms with Crippen molar-refractivity contribution in [2.75, 3.05) is 10.6 Å². The summed E-state index contributed by atoms with van der Waals surface area (Å²) in [5.41, 5.74) is 1.05. The molecule has 0 aliphatic carbocycles.